The minimum Gasteiger partial charge on any atom is -0.508 e. The second-order valence-corrected chi connectivity index (χ2v) is 8.56. The molecule has 2 aromatic carbocycles. The number of carbonyl (C=O) groups excluding carboxylic acids is 1. The van der Waals surface area contributed by atoms with Gasteiger partial charge in [-0.2, -0.15) is 0 Å². The number of ether oxygens (including phenoxy) is 2. The summed E-state index contributed by atoms with van der Waals surface area (Å²) in [7, 11) is 0. The van der Waals surface area contributed by atoms with Gasteiger partial charge in [0.05, 0.1) is 31.9 Å². The highest BCUT2D eigenvalue weighted by molar-refractivity contribution is 9.10. The largest absolute Gasteiger partial charge is 0.508 e. The monoisotopic (exact) mass is 505 g/mol. The molecule has 1 heterocycles. The Morgan fingerprint density at radius 1 is 1.06 bits per heavy atom. The van der Waals surface area contributed by atoms with E-state index >= 15 is 0 Å². The number of aromatic hydroxyl groups is 1. The molecular weight excluding hydrogens is 482 g/mol. The molecule has 0 aliphatic rings. The fourth-order valence-corrected chi connectivity index (χ4v) is 4.07. The van der Waals surface area contributed by atoms with Crippen molar-refractivity contribution in [3.05, 3.63) is 58.7 Å². The summed E-state index contributed by atoms with van der Waals surface area (Å²) < 4.78 is 11.6. The number of nitrogens with two attached hydrogens (primary N) is 1. The topological polar surface area (TPSA) is 107 Å². The molecule has 0 radical (unpaired) electrons. The van der Waals surface area contributed by atoms with Crippen LogP contribution in [0.15, 0.2) is 62.8 Å². The molecule has 1 amide bonds. The first-order valence-electron chi connectivity index (χ1n) is 9.78. The van der Waals surface area contributed by atoms with Crippen molar-refractivity contribution in [3.8, 4) is 5.75 Å². The van der Waals surface area contributed by atoms with Crippen LogP contribution in [0, 0.1) is 0 Å². The van der Waals surface area contributed by atoms with Crippen molar-refractivity contribution < 1.29 is 19.4 Å². The van der Waals surface area contributed by atoms with Gasteiger partial charge in [0.25, 0.3) is 5.91 Å². The van der Waals surface area contributed by atoms with E-state index in [0.29, 0.717) is 45.2 Å². The average molecular weight is 506 g/mol. The van der Waals surface area contributed by atoms with Gasteiger partial charge in [0.1, 0.15) is 11.4 Å². The second-order valence-electron chi connectivity index (χ2n) is 6.53. The Kier molecular flexibility index (Phi) is 9.11. The van der Waals surface area contributed by atoms with Gasteiger partial charge in [-0.1, -0.05) is 27.7 Å². The van der Waals surface area contributed by atoms with E-state index in [9.17, 15) is 9.90 Å². The molecule has 0 saturated heterocycles. The lowest BCUT2D eigenvalue weighted by atomic mass is 10.2. The normalized spacial score (nSPS) is 11.0. The third kappa shape index (κ3) is 7.19. The van der Waals surface area contributed by atoms with E-state index in [2.05, 4.69) is 26.2 Å². The third-order valence-electron chi connectivity index (χ3n) is 4.20. The average Bonchev–Trinajstić information content (AvgIpc) is 2.77. The van der Waals surface area contributed by atoms with Crippen LogP contribution in [-0.2, 0) is 9.47 Å². The predicted molar refractivity (Wildman–Crippen MR) is 125 cm³/mol. The first-order valence-corrected chi connectivity index (χ1v) is 11.4. The summed E-state index contributed by atoms with van der Waals surface area (Å²) in [5.74, 6) is -0.0553. The molecular formula is C22H24BrN3O4S. The van der Waals surface area contributed by atoms with Crippen LogP contribution in [0.25, 0.3) is 10.9 Å². The van der Waals surface area contributed by atoms with E-state index < -0.39 is 0 Å². The summed E-state index contributed by atoms with van der Waals surface area (Å²) in [6.45, 7) is 2.67. The molecule has 0 aliphatic carbocycles. The SMILES string of the molecule is NCCOCCOCCNC(=O)c1cc(Sc2ccc(O)cc2)c2cc(Br)ccc2n1. The van der Waals surface area contributed by atoms with E-state index in [1.807, 2.05) is 30.3 Å². The first-order chi connectivity index (χ1) is 15.1. The lowest BCUT2D eigenvalue weighted by Crippen LogP contribution is -2.28. The van der Waals surface area contributed by atoms with Crippen molar-refractivity contribution in [1.29, 1.82) is 0 Å². The van der Waals surface area contributed by atoms with E-state index in [1.165, 1.54) is 11.8 Å². The van der Waals surface area contributed by atoms with Crippen LogP contribution in [0.4, 0.5) is 0 Å². The number of hydrogen-bond donors (Lipinski definition) is 3. The van der Waals surface area contributed by atoms with Crippen LogP contribution in [0.3, 0.4) is 0 Å². The number of aromatic nitrogens is 1. The number of phenols is 1. The Balaban J connectivity index is 1.68. The Morgan fingerprint density at radius 3 is 2.55 bits per heavy atom. The van der Waals surface area contributed by atoms with E-state index in [0.717, 1.165) is 25.2 Å². The zero-order valence-electron chi connectivity index (χ0n) is 16.8. The smallest absolute Gasteiger partial charge is 0.270 e. The Morgan fingerprint density at radius 2 is 1.81 bits per heavy atom. The van der Waals surface area contributed by atoms with Crippen molar-refractivity contribution >= 4 is 44.5 Å². The first kappa shape index (κ1) is 23.5. The minimum absolute atomic E-state index is 0.208. The number of amides is 1. The molecule has 9 heteroatoms. The molecule has 0 unspecified atom stereocenters. The van der Waals surface area contributed by atoms with Gasteiger partial charge in [0.2, 0.25) is 0 Å². The predicted octanol–water partition coefficient (Wildman–Crippen LogP) is 3.58. The Hall–Kier alpha value is -2.17. The summed E-state index contributed by atoms with van der Waals surface area (Å²) in [4.78, 5) is 19.0. The van der Waals surface area contributed by atoms with Gasteiger partial charge in [-0.3, -0.25) is 4.79 Å². The summed E-state index contributed by atoms with van der Waals surface area (Å²) in [5, 5.41) is 13.3. The van der Waals surface area contributed by atoms with Crippen molar-refractivity contribution in [1.82, 2.24) is 10.3 Å². The van der Waals surface area contributed by atoms with Crippen molar-refractivity contribution in [2.45, 2.75) is 9.79 Å². The Bertz CT molecular complexity index is 1020. The molecule has 0 bridgehead atoms. The standard InChI is InChI=1S/C22H24BrN3O4S/c23-15-1-6-19-18(13-15)21(31-17-4-2-16(27)3-5-17)14-20(26-19)22(28)25-8-10-30-12-11-29-9-7-24/h1-6,13-14,27H,7-12,24H2,(H,25,28). The maximum Gasteiger partial charge on any atom is 0.270 e. The van der Waals surface area contributed by atoms with Gasteiger partial charge in [-0.05, 0) is 48.5 Å². The van der Waals surface area contributed by atoms with Crippen molar-refractivity contribution in [2.75, 3.05) is 39.5 Å². The molecule has 0 aliphatic heterocycles. The van der Waals surface area contributed by atoms with Gasteiger partial charge in [0, 0.05) is 32.7 Å². The molecule has 164 valence electrons. The number of rotatable bonds is 11. The van der Waals surface area contributed by atoms with Crippen LogP contribution in [0.2, 0.25) is 0 Å². The molecule has 31 heavy (non-hydrogen) atoms. The molecule has 3 rings (SSSR count). The minimum atomic E-state index is -0.264. The lowest BCUT2D eigenvalue weighted by molar-refractivity contribution is 0.0511. The van der Waals surface area contributed by atoms with Gasteiger partial charge in [-0.15, -0.1) is 0 Å². The highest BCUT2D eigenvalue weighted by Gasteiger charge is 2.13. The number of halogens is 1. The van der Waals surface area contributed by atoms with E-state index in [4.69, 9.17) is 15.2 Å². The summed E-state index contributed by atoms with van der Waals surface area (Å²) in [6, 6.07) is 14.5. The summed E-state index contributed by atoms with van der Waals surface area (Å²) >= 11 is 5.01. The zero-order valence-corrected chi connectivity index (χ0v) is 19.2. The zero-order chi connectivity index (χ0) is 22.1. The molecule has 0 fully saturated rings. The van der Waals surface area contributed by atoms with Crippen LogP contribution in [0.1, 0.15) is 10.5 Å². The third-order valence-corrected chi connectivity index (χ3v) is 5.75. The molecule has 4 N–H and O–H groups in total. The quantitative estimate of drug-likeness (QED) is 0.342. The van der Waals surface area contributed by atoms with Gasteiger partial charge in [-0.25, -0.2) is 4.98 Å². The maximum atomic E-state index is 12.7. The number of benzene rings is 2. The van der Waals surface area contributed by atoms with Crippen molar-refractivity contribution in [3.63, 3.8) is 0 Å². The molecule has 3 aromatic rings. The van der Waals surface area contributed by atoms with Crippen LogP contribution in [-0.4, -0.2) is 55.5 Å². The Labute approximate surface area is 193 Å². The van der Waals surface area contributed by atoms with Crippen LogP contribution < -0.4 is 11.1 Å². The number of carbonyl (C=O) groups is 1. The highest BCUT2D eigenvalue weighted by atomic mass is 79.9. The van der Waals surface area contributed by atoms with E-state index in [1.54, 1.807) is 18.2 Å². The molecule has 7 nitrogen and oxygen atoms in total. The molecule has 0 spiro atoms. The number of hydrogen-bond acceptors (Lipinski definition) is 7. The van der Waals surface area contributed by atoms with Gasteiger partial charge >= 0.3 is 0 Å². The number of fused-ring (bicyclic) bond motifs is 1. The van der Waals surface area contributed by atoms with E-state index in [-0.39, 0.29) is 11.7 Å². The fourth-order valence-electron chi connectivity index (χ4n) is 2.74. The van der Waals surface area contributed by atoms with Gasteiger partial charge < -0.3 is 25.6 Å². The number of pyridine rings is 1. The summed E-state index contributed by atoms with van der Waals surface area (Å²) in [5.41, 5.74) is 6.41. The van der Waals surface area contributed by atoms with Crippen LogP contribution >= 0.6 is 27.7 Å². The second kappa shape index (κ2) is 12.0. The maximum absolute atomic E-state index is 12.7. The number of phenolic OH excluding ortho intramolecular Hbond substituents is 1. The van der Waals surface area contributed by atoms with Crippen molar-refractivity contribution in [2.24, 2.45) is 5.73 Å². The number of nitrogens with zero attached hydrogens (tertiary/aromatic N) is 1. The highest BCUT2D eigenvalue weighted by Crippen LogP contribution is 2.35. The summed E-state index contributed by atoms with van der Waals surface area (Å²) in [6.07, 6.45) is 0. The van der Waals surface area contributed by atoms with Crippen LogP contribution in [0.5, 0.6) is 5.75 Å². The fraction of sp³-hybridized carbons (Fsp3) is 0.273. The van der Waals surface area contributed by atoms with Gasteiger partial charge in [0.15, 0.2) is 0 Å². The lowest BCUT2D eigenvalue weighted by Gasteiger charge is -2.11. The molecule has 0 saturated carbocycles. The number of nitrogens with one attached hydrogen (secondary N) is 1. The molecule has 0 atom stereocenters. The molecule has 1 aromatic heterocycles.